The van der Waals surface area contributed by atoms with E-state index in [9.17, 15) is 0 Å². The van der Waals surface area contributed by atoms with Crippen molar-refractivity contribution in [2.75, 3.05) is 0 Å². The Hall–Kier alpha value is -2.00. The van der Waals surface area contributed by atoms with Crippen molar-refractivity contribution >= 4 is 0 Å². The monoisotopic (exact) mass is 346 g/mol. The van der Waals surface area contributed by atoms with Crippen molar-refractivity contribution in [3.05, 3.63) is 71.3 Å². The zero-order valence-corrected chi connectivity index (χ0v) is 17.3. The van der Waals surface area contributed by atoms with Gasteiger partial charge in [0.05, 0.1) is 0 Å². The van der Waals surface area contributed by atoms with E-state index in [2.05, 4.69) is 108 Å². The van der Waals surface area contributed by atoms with Crippen molar-refractivity contribution in [3.8, 4) is 11.8 Å². The van der Waals surface area contributed by atoms with Crippen LogP contribution in [0.5, 0.6) is 0 Å². The van der Waals surface area contributed by atoms with Gasteiger partial charge in [-0.1, -0.05) is 86.3 Å². The highest BCUT2D eigenvalue weighted by atomic mass is 14.2. The Bertz CT molecular complexity index is 728. The summed E-state index contributed by atoms with van der Waals surface area (Å²) in [4.78, 5) is 0. The second-order valence-electron chi connectivity index (χ2n) is 8.56. The molecule has 1 aliphatic rings. The highest BCUT2D eigenvalue weighted by Crippen LogP contribution is 2.32. The van der Waals surface area contributed by atoms with Crippen LogP contribution in [-0.2, 0) is 0 Å². The summed E-state index contributed by atoms with van der Waals surface area (Å²) < 4.78 is 0. The Morgan fingerprint density at radius 1 is 1.19 bits per heavy atom. The van der Waals surface area contributed by atoms with E-state index in [4.69, 9.17) is 0 Å². The van der Waals surface area contributed by atoms with Crippen LogP contribution in [0.15, 0.2) is 60.2 Å². The van der Waals surface area contributed by atoms with Gasteiger partial charge in [-0.15, -0.1) is 0 Å². The lowest BCUT2D eigenvalue weighted by atomic mass is 9.79. The highest BCUT2D eigenvalue weighted by molar-refractivity contribution is 5.37. The topological polar surface area (TPSA) is 0 Å². The normalized spacial score (nSPS) is 21.9. The number of hydrogen-bond acceptors (Lipinski definition) is 0. The van der Waals surface area contributed by atoms with E-state index in [1.54, 1.807) is 0 Å². The lowest BCUT2D eigenvalue weighted by Gasteiger charge is -2.27. The molecule has 0 N–H and O–H groups in total. The zero-order chi connectivity index (χ0) is 19.2. The van der Waals surface area contributed by atoms with Crippen molar-refractivity contribution < 1.29 is 0 Å². The summed E-state index contributed by atoms with van der Waals surface area (Å²) in [6.07, 6.45) is 14.3. The number of hydrogen-bond donors (Lipinski definition) is 0. The number of rotatable bonds is 4. The number of benzene rings is 1. The first-order valence-electron chi connectivity index (χ1n) is 9.89. The van der Waals surface area contributed by atoms with E-state index < -0.39 is 0 Å². The molecule has 0 aliphatic heterocycles. The van der Waals surface area contributed by atoms with Crippen molar-refractivity contribution in [3.63, 3.8) is 0 Å². The lowest BCUT2D eigenvalue weighted by molar-refractivity contribution is 0.381. The van der Waals surface area contributed by atoms with Gasteiger partial charge in [-0.05, 0) is 63.0 Å². The second-order valence-corrected chi connectivity index (χ2v) is 8.56. The third-order valence-electron chi connectivity index (χ3n) is 5.27. The number of aryl methyl sites for hydroxylation is 1. The van der Waals surface area contributed by atoms with E-state index >= 15 is 0 Å². The van der Waals surface area contributed by atoms with Crippen LogP contribution in [0.2, 0.25) is 0 Å². The molecule has 0 saturated carbocycles. The largest absolute Gasteiger partial charge is 0.0903 e. The Morgan fingerprint density at radius 3 is 2.50 bits per heavy atom. The molecule has 138 valence electrons. The van der Waals surface area contributed by atoms with Crippen LogP contribution < -0.4 is 0 Å². The van der Waals surface area contributed by atoms with E-state index in [1.807, 2.05) is 0 Å². The third-order valence-corrected chi connectivity index (χ3v) is 5.27. The molecule has 0 spiro atoms. The van der Waals surface area contributed by atoms with Gasteiger partial charge in [0.1, 0.15) is 0 Å². The van der Waals surface area contributed by atoms with Crippen LogP contribution >= 0.6 is 0 Å². The molecule has 0 aromatic heterocycles. The van der Waals surface area contributed by atoms with Crippen LogP contribution in [0.1, 0.15) is 58.6 Å². The van der Waals surface area contributed by atoms with Gasteiger partial charge >= 0.3 is 0 Å². The van der Waals surface area contributed by atoms with Crippen LogP contribution in [0.4, 0.5) is 0 Å². The molecule has 0 amide bonds. The maximum absolute atomic E-state index is 3.38. The van der Waals surface area contributed by atoms with Crippen molar-refractivity contribution in [1.82, 2.24) is 0 Å². The summed E-state index contributed by atoms with van der Waals surface area (Å²) in [5.41, 5.74) is 4.09. The maximum atomic E-state index is 3.38. The maximum Gasteiger partial charge on any atom is 0.0384 e. The van der Waals surface area contributed by atoms with E-state index in [-0.39, 0.29) is 5.92 Å². The molecule has 0 nitrogen and oxygen atoms in total. The molecule has 3 unspecified atom stereocenters. The van der Waals surface area contributed by atoms with Crippen LogP contribution in [0.25, 0.3) is 0 Å². The summed E-state index contributed by atoms with van der Waals surface area (Å²) in [7, 11) is 0. The van der Waals surface area contributed by atoms with Crippen LogP contribution in [-0.4, -0.2) is 0 Å². The first kappa shape index (κ1) is 20.3. The molecule has 26 heavy (non-hydrogen) atoms. The number of allylic oxidation sites excluding steroid dienone is 6. The van der Waals surface area contributed by atoms with Gasteiger partial charge in [0.25, 0.3) is 0 Å². The fraction of sp³-hybridized carbons (Fsp3) is 0.462. The predicted octanol–water partition coefficient (Wildman–Crippen LogP) is 7.11. The fourth-order valence-corrected chi connectivity index (χ4v) is 3.14. The average molecular weight is 347 g/mol. The zero-order valence-electron chi connectivity index (χ0n) is 17.3. The molecule has 0 fully saturated rings. The van der Waals surface area contributed by atoms with Gasteiger partial charge in [-0.2, -0.15) is 0 Å². The van der Waals surface area contributed by atoms with E-state index in [1.165, 1.54) is 24.0 Å². The minimum Gasteiger partial charge on any atom is -0.0903 e. The first-order valence-corrected chi connectivity index (χ1v) is 9.89. The lowest BCUT2D eigenvalue weighted by Crippen LogP contribution is -2.14. The Kier molecular flexibility index (Phi) is 7.10. The summed E-state index contributed by atoms with van der Waals surface area (Å²) in [5, 5.41) is 0. The highest BCUT2D eigenvalue weighted by Gasteiger charge is 2.19. The standard InChI is InChI=1S/C26H34/c1-20-7-11-24(12-8-20)14-10-22(3)23(4)19-21(2)9-13-25-15-17-26(5,6)18-16-25/h7-9,11-13,15,17,19,21-22,25H,16,18H2,1-6H3/b13-9?,23-19-. The molecule has 1 aliphatic carbocycles. The van der Waals surface area contributed by atoms with Crippen LogP contribution in [0, 0.1) is 41.9 Å². The summed E-state index contributed by atoms with van der Waals surface area (Å²) in [5.74, 6) is 8.01. The van der Waals surface area contributed by atoms with Gasteiger partial charge < -0.3 is 0 Å². The van der Waals surface area contributed by atoms with Gasteiger partial charge in [-0.3, -0.25) is 0 Å². The third kappa shape index (κ3) is 6.72. The first-order chi connectivity index (χ1) is 12.2. The Morgan fingerprint density at radius 2 is 1.88 bits per heavy atom. The molecule has 3 atom stereocenters. The van der Waals surface area contributed by atoms with Crippen molar-refractivity contribution in [2.45, 2.75) is 54.4 Å². The minimum absolute atomic E-state index is 0.280. The molecular weight excluding hydrogens is 312 g/mol. The van der Waals surface area contributed by atoms with Gasteiger partial charge in [0.2, 0.25) is 0 Å². The van der Waals surface area contributed by atoms with E-state index in [0.29, 0.717) is 17.3 Å². The van der Waals surface area contributed by atoms with Gasteiger partial charge in [0, 0.05) is 11.5 Å². The minimum atomic E-state index is 0.280. The fourth-order valence-electron chi connectivity index (χ4n) is 3.14. The van der Waals surface area contributed by atoms with Gasteiger partial charge in [-0.25, -0.2) is 0 Å². The van der Waals surface area contributed by atoms with Crippen LogP contribution in [0.3, 0.4) is 0 Å². The Labute approximate surface area is 161 Å². The molecule has 0 bridgehead atoms. The average Bonchev–Trinajstić information content (AvgIpc) is 2.60. The predicted molar refractivity (Wildman–Crippen MR) is 115 cm³/mol. The second kappa shape index (κ2) is 9.09. The smallest absolute Gasteiger partial charge is 0.0384 e. The summed E-state index contributed by atoms with van der Waals surface area (Å²) >= 11 is 0. The Balaban J connectivity index is 1.93. The summed E-state index contributed by atoms with van der Waals surface area (Å²) in [6, 6.07) is 8.42. The van der Waals surface area contributed by atoms with Gasteiger partial charge in [0.15, 0.2) is 0 Å². The quantitative estimate of drug-likeness (QED) is 0.402. The van der Waals surface area contributed by atoms with Crippen molar-refractivity contribution in [1.29, 1.82) is 0 Å². The SMILES string of the molecule is C/C(=C/C(C)C=CC1C=CC(C)(C)CC1)C(C)C#Cc1ccc(C)cc1. The summed E-state index contributed by atoms with van der Waals surface area (Å²) in [6.45, 7) is 13.4. The molecule has 0 heteroatoms. The van der Waals surface area contributed by atoms with E-state index in [0.717, 1.165) is 5.56 Å². The molecular formula is C26H34. The molecule has 2 rings (SSSR count). The van der Waals surface area contributed by atoms with Crippen molar-refractivity contribution in [2.24, 2.45) is 23.2 Å². The molecule has 1 aromatic rings. The molecule has 0 radical (unpaired) electrons. The molecule has 0 saturated heterocycles. The molecule has 1 aromatic carbocycles. The molecule has 0 heterocycles.